The minimum absolute atomic E-state index is 0.0166. The van der Waals surface area contributed by atoms with Gasteiger partial charge in [-0.25, -0.2) is 4.98 Å². The minimum Gasteiger partial charge on any atom is -0.324 e. The van der Waals surface area contributed by atoms with Crippen LogP contribution in [0.15, 0.2) is 53.3 Å². The van der Waals surface area contributed by atoms with Crippen LogP contribution in [0.4, 0.5) is 0 Å². The number of imidazole rings is 1. The molecule has 0 radical (unpaired) electrons. The molecule has 3 aromatic rings. The molecule has 19 heavy (non-hydrogen) atoms. The predicted molar refractivity (Wildman–Crippen MR) is 81.4 cm³/mol. The van der Waals surface area contributed by atoms with Crippen LogP contribution >= 0.6 is 15.9 Å². The molecule has 0 amide bonds. The standard InChI is InChI=1S/C15H14BrN3/c1-10(17)12-7-6-11(8-13(12)16)19-9-18-14-4-2-3-5-15(14)19/h2-10H,17H2,1H3/t10-/m0/s1. The van der Waals surface area contributed by atoms with Crippen molar-refractivity contribution in [3.63, 3.8) is 0 Å². The Morgan fingerprint density at radius 2 is 2.00 bits per heavy atom. The molecule has 1 aromatic heterocycles. The molecule has 0 bridgehead atoms. The zero-order chi connectivity index (χ0) is 13.4. The van der Waals surface area contributed by atoms with Gasteiger partial charge < -0.3 is 5.73 Å². The first-order chi connectivity index (χ1) is 9.16. The third-order valence-corrected chi connectivity index (χ3v) is 3.89. The maximum absolute atomic E-state index is 5.92. The lowest BCUT2D eigenvalue weighted by Crippen LogP contribution is -2.06. The van der Waals surface area contributed by atoms with Gasteiger partial charge in [-0.3, -0.25) is 4.57 Å². The van der Waals surface area contributed by atoms with Crippen molar-refractivity contribution in [2.24, 2.45) is 5.73 Å². The predicted octanol–water partition coefficient (Wildman–Crippen LogP) is 3.81. The number of halogens is 1. The summed E-state index contributed by atoms with van der Waals surface area (Å²) in [5.41, 5.74) is 10.2. The van der Waals surface area contributed by atoms with Crippen molar-refractivity contribution in [3.05, 3.63) is 58.8 Å². The summed E-state index contributed by atoms with van der Waals surface area (Å²) in [5, 5.41) is 0. The first-order valence-electron chi connectivity index (χ1n) is 6.14. The van der Waals surface area contributed by atoms with Gasteiger partial charge >= 0.3 is 0 Å². The van der Waals surface area contributed by atoms with Gasteiger partial charge in [0, 0.05) is 16.2 Å². The Bertz CT molecular complexity index is 731. The lowest BCUT2D eigenvalue weighted by atomic mass is 10.1. The average Bonchev–Trinajstić information content (AvgIpc) is 2.82. The average molecular weight is 316 g/mol. The highest BCUT2D eigenvalue weighted by Crippen LogP contribution is 2.26. The van der Waals surface area contributed by atoms with Gasteiger partial charge in [0.2, 0.25) is 0 Å². The zero-order valence-electron chi connectivity index (χ0n) is 10.5. The molecule has 2 aromatic carbocycles. The monoisotopic (exact) mass is 315 g/mol. The van der Waals surface area contributed by atoms with Crippen LogP contribution in [-0.2, 0) is 0 Å². The van der Waals surface area contributed by atoms with E-state index in [-0.39, 0.29) is 6.04 Å². The molecule has 2 N–H and O–H groups in total. The Morgan fingerprint density at radius 3 is 2.74 bits per heavy atom. The number of benzene rings is 2. The summed E-state index contributed by atoms with van der Waals surface area (Å²) in [4.78, 5) is 4.41. The van der Waals surface area contributed by atoms with E-state index in [1.165, 1.54) is 0 Å². The number of hydrogen-bond acceptors (Lipinski definition) is 2. The number of para-hydroxylation sites is 2. The normalized spacial score (nSPS) is 12.8. The molecule has 0 spiro atoms. The Kier molecular flexibility index (Phi) is 3.12. The summed E-state index contributed by atoms with van der Waals surface area (Å²) in [6.07, 6.45) is 1.85. The van der Waals surface area contributed by atoms with Crippen LogP contribution in [0.3, 0.4) is 0 Å². The fourth-order valence-electron chi connectivity index (χ4n) is 2.20. The fraction of sp³-hybridized carbons (Fsp3) is 0.133. The molecule has 0 aliphatic rings. The quantitative estimate of drug-likeness (QED) is 0.781. The first kappa shape index (κ1) is 12.4. The van der Waals surface area contributed by atoms with Crippen molar-refractivity contribution in [1.82, 2.24) is 9.55 Å². The molecule has 0 fully saturated rings. The third-order valence-electron chi connectivity index (χ3n) is 3.21. The lowest BCUT2D eigenvalue weighted by Gasteiger charge is -2.11. The van der Waals surface area contributed by atoms with Crippen LogP contribution < -0.4 is 5.73 Å². The summed E-state index contributed by atoms with van der Waals surface area (Å²) >= 11 is 3.58. The molecule has 0 aliphatic carbocycles. The third kappa shape index (κ3) is 2.17. The second-order valence-corrected chi connectivity index (χ2v) is 5.45. The first-order valence-corrected chi connectivity index (χ1v) is 6.93. The maximum Gasteiger partial charge on any atom is 0.100 e. The highest BCUT2D eigenvalue weighted by molar-refractivity contribution is 9.10. The van der Waals surface area contributed by atoms with E-state index < -0.39 is 0 Å². The van der Waals surface area contributed by atoms with Crippen molar-refractivity contribution in [1.29, 1.82) is 0 Å². The van der Waals surface area contributed by atoms with Crippen LogP contribution in [-0.4, -0.2) is 9.55 Å². The van der Waals surface area contributed by atoms with Gasteiger partial charge in [0.1, 0.15) is 6.33 Å². The second kappa shape index (κ2) is 4.79. The van der Waals surface area contributed by atoms with Gasteiger partial charge in [0.15, 0.2) is 0 Å². The number of nitrogens with two attached hydrogens (primary N) is 1. The van der Waals surface area contributed by atoms with Gasteiger partial charge in [-0.2, -0.15) is 0 Å². The minimum atomic E-state index is 0.0166. The smallest absolute Gasteiger partial charge is 0.100 e. The summed E-state index contributed by atoms with van der Waals surface area (Å²) in [5.74, 6) is 0. The summed E-state index contributed by atoms with van der Waals surface area (Å²) in [7, 11) is 0. The van der Waals surface area contributed by atoms with Gasteiger partial charge in [-0.1, -0.05) is 34.1 Å². The van der Waals surface area contributed by atoms with Crippen molar-refractivity contribution in [2.75, 3.05) is 0 Å². The van der Waals surface area contributed by atoms with Gasteiger partial charge in [-0.05, 0) is 36.8 Å². The van der Waals surface area contributed by atoms with Crippen LogP contribution in [0.25, 0.3) is 16.7 Å². The van der Waals surface area contributed by atoms with Crippen LogP contribution in [0, 0.1) is 0 Å². The van der Waals surface area contributed by atoms with Crippen LogP contribution in [0.1, 0.15) is 18.5 Å². The fourth-order valence-corrected chi connectivity index (χ4v) is 2.93. The van der Waals surface area contributed by atoms with E-state index in [1.807, 2.05) is 31.5 Å². The van der Waals surface area contributed by atoms with Crippen molar-refractivity contribution in [2.45, 2.75) is 13.0 Å². The van der Waals surface area contributed by atoms with E-state index in [9.17, 15) is 0 Å². The molecule has 96 valence electrons. The Hall–Kier alpha value is -1.65. The highest BCUT2D eigenvalue weighted by Gasteiger charge is 2.08. The second-order valence-electron chi connectivity index (χ2n) is 4.60. The van der Waals surface area contributed by atoms with E-state index in [0.29, 0.717) is 0 Å². The molecular formula is C15H14BrN3. The number of nitrogens with zero attached hydrogens (tertiary/aromatic N) is 2. The molecule has 0 saturated heterocycles. The molecule has 0 saturated carbocycles. The summed E-state index contributed by atoms with van der Waals surface area (Å²) in [6, 6.07) is 14.3. The van der Waals surface area contributed by atoms with E-state index in [4.69, 9.17) is 5.73 Å². The molecular weight excluding hydrogens is 302 g/mol. The van der Waals surface area contributed by atoms with Gasteiger partial charge in [-0.15, -0.1) is 0 Å². The van der Waals surface area contributed by atoms with E-state index >= 15 is 0 Å². The van der Waals surface area contributed by atoms with E-state index in [2.05, 4.69) is 49.7 Å². The van der Waals surface area contributed by atoms with Crippen molar-refractivity contribution < 1.29 is 0 Å². The highest BCUT2D eigenvalue weighted by atomic mass is 79.9. The summed E-state index contributed by atoms with van der Waals surface area (Å²) in [6.45, 7) is 1.98. The van der Waals surface area contributed by atoms with Crippen molar-refractivity contribution >= 4 is 27.0 Å². The molecule has 3 nitrogen and oxygen atoms in total. The zero-order valence-corrected chi connectivity index (χ0v) is 12.1. The van der Waals surface area contributed by atoms with Gasteiger partial charge in [0.05, 0.1) is 11.0 Å². The molecule has 1 heterocycles. The SMILES string of the molecule is C[C@H](N)c1ccc(-n2cnc3ccccc32)cc1Br. The molecule has 1 atom stereocenters. The number of rotatable bonds is 2. The number of hydrogen-bond donors (Lipinski definition) is 1. The topological polar surface area (TPSA) is 43.8 Å². The molecule has 0 unspecified atom stereocenters. The number of aromatic nitrogens is 2. The van der Waals surface area contributed by atoms with Gasteiger partial charge in [0.25, 0.3) is 0 Å². The molecule has 3 rings (SSSR count). The number of fused-ring (bicyclic) bond motifs is 1. The molecule has 4 heteroatoms. The molecule has 0 aliphatic heterocycles. The van der Waals surface area contributed by atoms with Crippen molar-refractivity contribution in [3.8, 4) is 5.69 Å². The Balaban J connectivity index is 2.14. The van der Waals surface area contributed by atoms with Crippen LogP contribution in [0.2, 0.25) is 0 Å². The summed E-state index contributed by atoms with van der Waals surface area (Å²) < 4.78 is 3.10. The largest absolute Gasteiger partial charge is 0.324 e. The maximum atomic E-state index is 5.92. The lowest BCUT2D eigenvalue weighted by molar-refractivity contribution is 0.812. The Morgan fingerprint density at radius 1 is 1.21 bits per heavy atom. The van der Waals surface area contributed by atoms with Crippen LogP contribution in [0.5, 0.6) is 0 Å². The van der Waals surface area contributed by atoms with E-state index in [1.54, 1.807) is 0 Å². The van der Waals surface area contributed by atoms with E-state index in [0.717, 1.165) is 26.8 Å². The Labute approximate surface area is 120 Å².